The average molecular weight is 271 g/mol. The molecule has 2 saturated heterocycles. The fourth-order valence-electron chi connectivity index (χ4n) is 3.13. The fourth-order valence-corrected chi connectivity index (χ4v) is 3.13. The Hall–Kier alpha value is -1.57. The molecule has 0 aromatic heterocycles. The van der Waals surface area contributed by atoms with Gasteiger partial charge in [0.15, 0.2) is 0 Å². The summed E-state index contributed by atoms with van der Waals surface area (Å²) in [5.74, 6) is 0. The Morgan fingerprint density at radius 2 is 2.40 bits per heavy atom. The van der Waals surface area contributed by atoms with Crippen LogP contribution in [0.25, 0.3) is 0 Å². The van der Waals surface area contributed by atoms with Gasteiger partial charge in [-0.1, -0.05) is 6.07 Å². The highest BCUT2D eigenvalue weighted by molar-refractivity contribution is 5.58. The van der Waals surface area contributed by atoms with Crippen molar-refractivity contribution in [3.8, 4) is 6.07 Å². The minimum absolute atomic E-state index is 0.219. The van der Waals surface area contributed by atoms with E-state index in [0.29, 0.717) is 11.6 Å². The molecule has 4 heteroatoms. The predicted octanol–water partition coefficient (Wildman–Crippen LogP) is 2.14. The summed E-state index contributed by atoms with van der Waals surface area (Å²) in [5, 5.41) is 12.5. The van der Waals surface area contributed by atoms with Crippen LogP contribution in [-0.4, -0.2) is 43.3 Å². The maximum Gasteiger partial charge on any atom is 0.101 e. The van der Waals surface area contributed by atoms with E-state index in [1.54, 1.807) is 0 Å². The predicted molar refractivity (Wildman–Crippen MR) is 78.7 cm³/mol. The molecule has 1 N–H and O–H groups in total. The second-order valence-electron chi connectivity index (χ2n) is 5.79. The van der Waals surface area contributed by atoms with Gasteiger partial charge in [-0.15, -0.1) is 0 Å². The monoisotopic (exact) mass is 271 g/mol. The molecule has 0 aliphatic carbocycles. The number of rotatable bonds is 3. The van der Waals surface area contributed by atoms with Gasteiger partial charge >= 0.3 is 0 Å². The molecule has 0 spiro atoms. The molecule has 1 aromatic carbocycles. The van der Waals surface area contributed by atoms with Gasteiger partial charge in [0.05, 0.1) is 24.0 Å². The molecular weight excluding hydrogens is 250 g/mol. The zero-order valence-electron chi connectivity index (χ0n) is 11.9. The first-order chi connectivity index (χ1) is 9.76. The third kappa shape index (κ3) is 2.79. The molecule has 2 aliphatic heterocycles. The Balaban J connectivity index is 1.60. The van der Waals surface area contributed by atoms with Crippen LogP contribution in [0.15, 0.2) is 18.2 Å². The lowest BCUT2D eigenvalue weighted by Gasteiger charge is -2.35. The first-order valence-corrected chi connectivity index (χ1v) is 7.36. The van der Waals surface area contributed by atoms with Crippen molar-refractivity contribution in [2.75, 3.05) is 31.6 Å². The maximum absolute atomic E-state index is 9.14. The lowest BCUT2D eigenvalue weighted by Crippen LogP contribution is -2.48. The average Bonchev–Trinajstić information content (AvgIpc) is 2.92. The summed E-state index contributed by atoms with van der Waals surface area (Å²) in [7, 11) is 0. The lowest BCUT2D eigenvalue weighted by atomic mass is 10.1. The molecule has 0 bridgehead atoms. The fraction of sp³-hybridized carbons (Fsp3) is 0.562. The second kappa shape index (κ2) is 5.82. The number of nitriles is 1. The van der Waals surface area contributed by atoms with Crippen LogP contribution in [0, 0.1) is 18.3 Å². The van der Waals surface area contributed by atoms with E-state index in [1.165, 1.54) is 19.4 Å². The first kappa shape index (κ1) is 13.4. The van der Waals surface area contributed by atoms with Crippen molar-refractivity contribution >= 4 is 5.69 Å². The summed E-state index contributed by atoms with van der Waals surface area (Å²) in [6.45, 7) is 5.87. The zero-order valence-corrected chi connectivity index (χ0v) is 11.9. The van der Waals surface area contributed by atoms with Crippen molar-refractivity contribution in [3.05, 3.63) is 29.3 Å². The van der Waals surface area contributed by atoms with Crippen LogP contribution < -0.4 is 5.32 Å². The Bertz CT molecular complexity index is 523. The van der Waals surface area contributed by atoms with Gasteiger partial charge in [-0.2, -0.15) is 5.26 Å². The summed E-state index contributed by atoms with van der Waals surface area (Å²) in [6, 6.07) is 8.74. The van der Waals surface area contributed by atoms with Crippen molar-refractivity contribution in [2.24, 2.45) is 0 Å². The van der Waals surface area contributed by atoms with E-state index < -0.39 is 0 Å². The lowest BCUT2D eigenvalue weighted by molar-refractivity contribution is -0.0415. The Morgan fingerprint density at radius 1 is 1.50 bits per heavy atom. The highest BCUT2D eigenvalue weighted by atomic mass is 16.5. The van der Waals surface area contributed by atoms with Crippen molar-refractivity contribution in [3.63, 3.8) is 0 Å². The maximum atomic E-state index is 9.14. The summed E-state index contributed by atoms with van der Waals surface area (Å²) < 4.78 is 5.93. The molecule has 4 nitrogen and oxygen atoms in total. The van der Waals surface area contributed by atoms with Crippen molar-refractivity contribution in [1.29, 1.82) is 5.26 Å². The molecule has 0 saturated carbocycles. The quantitative estimate of drug-likeness (QED) is 0.915. The number of hydrogen-bond donors (Lipinski definition) is 1. The molecule has 106 valence electrons. The van der Waals surface area contributed by atoms with Gasteiger partial charge in [-0.25, -0.2) is 0 Å². The normalized spacial score (nSPS) is 26.0. The molecule has 0 radical (unpaired) electrons. The summed E-state index contributed by atoms with van der Waals surface area (Å²) in [5.41, 5.74) is 2.78. The second-order valence-corrected chi connectivity index (χ2v) is 5.79. The molecule has 20 heavy (non-hydrogen) atoms. The zero-order chi connectivity index (χ0) is 13.9. The first-order valence-electron chi connectivity index (χ1n) is 7.36. The highest BCUT2D eigenvalue weighted by Gasteiger charge is 2.31. The van der Waals surface area contributed by atoms with E-state index in [-0.39, 0.29) is 6.10 Å². The van der Waals surface area contributed by atoms with E-state index in [9.17, 15) is 0 Å². The van der Waals surface area contributed by atoms with Crippen molar-refractivity contribution < 1.29 is 4.74 Å². The highest BCUT2D eigenvalue weighted by Crippen LogP contribution is 2.23. The number of hydrogen-bond acceptors (Lipinski definition) is 4. The number of aryl methyl sites for hydroxylation is 1. The summed E-state index contributed by atoms with van der Waals surface area (Å²) in [6.07, 6.45) is 2.79. The van der Waals surface area contributed by atoms with Crippen LogP contribution in [0.5, 0.6) is 0 Å². The van der Waals surface area contributed by atoms with Gasteiger partial charge < -0.3 is 10.1 Å². The van der Waals surface area contributed by atoms with Crippen LogP contribution in [0.1, 0.15) is 24.0 Å². The third-order valence-electron chi connectivity index (χ3n) is 4.28. The van der Waals surface area contributed by atoms with Crippen LogP contribution >= 0.6 is 0 Å². The molecule has 2 fully saturated rings. The van der Waals surface area contributed by atoms with Gasteiger partial charge in [0.1, 0.15) is 6.07 Å². The Labute approximate surface area is 120 Å². The Kier molecular flexibility index (Phi) is 3.90. The van der Waals surface area contributed by atoms with E-state index in [2.05, 4.69) is 16.3 Å². The van der Waals surface area contributed by atoms with E-state index in [1.807, 2.05) is 25.1 Å². The van der Waals surface area contributed by atoms with Gasteiger partial charge in [0.25, 0.3) is 0 Å². The Morgan fingerprint density at radius 3 is 3.25 bits per heavy atom. The molecule has 2 atom stereocenters. The SMILES string of the molecule is Cc1ccc(C#N)c(NCC2CN3CCCC3CO2)c1. The van der Waals surface area contributed by atoms with Crippen LogP contribution in [0.3, 0.4) is 0 Å². The van der Waals surface area contributed by atoms with Crippen LogP contribution in [0.4, 0.5) is 5.69 Å². The molecule has 0 amide bonds. The molecule has 3 rings (SSSR count). The molecule has 2 aliphatic rings. The van der Waals surface area contributed by atoms with Gasteiger partial charge in [0.2, 0.25) is 0 Å². The van der Waals surface area contributed by atoms with E-state index in [0.717, 1.165) is 30.9 Å². The number of morpholine rings is 1. The molecule has 1 aromatic rings. The minimum atomic E-state index is 0.219. The third-order valence-corrected chi connectivity index (χ3v) is 4.28. The number of anilines is 1. The van der Waals surface area contributed by atoms with Crippen molar-refractivity contribution in [2.45, 2.75) is 31.9 Å². The largest absolute Gasteiger partial charge is 0.381 e. The smallest absolute Gasteiger partial charge is 0.101 e. The topological polar surface area (TPSA) is 48.3 Å². The van der Waals surface area contributed by atoms with E-state index in [4.69, 9.17) is 10.00 Å². The van der Waals surface area contributed by atoms with Gasteiger partial charge in [-0.05, 0) is 44.0 Å². The molecule has 2 heterocycles. The number of ether oxygens (including phenoxy) is 1. The summed E-state index contributed by atoms with van der Waals surface area (Å²) in [4.78, 5) is 2.54. The molecule has 2 unspecified atom stereocenters. The number of benzene rings is 1. The number of nitrogens with one attached hydrogen (secondary N) is 1. The number of fused-ring (bicyclic) bond motifs is 1. The standard InChI is InChI=1S/C16H21N3O/c1-12-4-5-13(8-17)16(7-12)18-9-15-10-19-6-2-3-14(19)11-20-15/h4-5,7,14-15,18H,2-3,6,9-11H2,1H3. The minimum Gasteiger partial charge on any atom is -0.381 e. The van der Waals surface area contributed by atoms with Gasteiger partial charge in [-0.3, -0.25) is 4.90 Å². The van der Waals surface area contributed by atoms with Crippen LogP contribution in [0.2, 0.25) is 0 Å². The summed E-state index contributed by atoms with van der Waals surface area (Å²) >= 11 is 0. The molecular formula is C16H21N3O. The number of nitrogens with zero attached hydrogens (tertiary/aromatic N) is 2. The van der Waals surface area contributed by atoms with Crippen molar-refractivity contribution in [1.82, 2.24) is 4.90 Å². The van der Waals surface area contributed by atoms with Gasteiger partial charge in [0, 0.05) is 19.1 Å². The van der Waals surface area contributed by atoms with E-state index >= 15 is 0 Å². The van der Waals surface area contributed by atoms with Crippen LogP contribution in [-0.2, 0) is 4.74 Å².